The zero-order valence-electron chi connectivity index (χ0n) is 17.2. The summed E-state index contributed by atoms with van der Waals surface area (Å²) < 4.78 is 33.8. The molecule has 4 rings (SSSR count). The van der Waals surface area contributed by atoms with Crippen molar-refractivity contribution in [3.05, 3.63) is 58.3 Å². The normalized spacial score (nSPS) is 14.1. The Kier molecular flexibility index (Phi) is 5.97. The number of hydrogen-bond acceptors (Lipinski definition) is 6. The predicted molar refractivity (Wildman–Crippen MR) is 122 cm³/mol. The molecule has 9 heteroatoms. The zero-order chi connectivity index (χ0) is 22.0. The fourth-order valence-electron chi connectivity index (χ4n) is 3.07. The standard InChI is InChI=1S/C22H23N3O4S2/c1-3-15-6-4-5-7-18(15)25-31(27,28)20-13-11-17(30-20)10-12-19-21(14(2)24-29-19)23-22(26)16-8-9-16/h4-7,10-13,16,25H,3,8-9H2,1-2H3,(H,23,26)/b12-10+. The Morgan fingerprint density at radius 3 is 2.74 bits per heavy atom. The Bertz CT molecular complexity index is 1240. The summed E-state index contributed by atoms with van der Waals surface area (Å²) in [5.41, 5.74) is 2.67. The van der Waals surface area contributed by atoms with E-state index in [0.717, 1.165) is 41.0 Å². The van der Waals surface area contributed by atoms with E-state index in [0.29, 0.717) is 22.8 Å². The topological polar surface area (TPSA) is 101 Å². The van der Waals surface area contributed by atoms with E-state index >= 15 is 0 Å². The number of sulfonamides is 1. The second-order valence-corrected chi connectivity index (χ2v) is 10.4. The van der Waals surface area contributed by atoms with Crippen LogP contribution < -0.4 is 10.0 Å². The molecule has 1 aromatic carbocycles. The molecule has 162 valence electrons. The number of para-hydroxylation sites is 1. The van der Waals surface area contributed by atoms with Crippen LogP contribution in [0.2, 0.25) is 0 Å². The molecule has 1 aliphatic carbocycles. The highest BCUT2D eigenvalue weighted by atomic mass is 32.2. The van der Waals surface area contributed by atoms with Crippen molar-refractivity contribution in [3.63, 3.8) is 0 Å². The quantitative estimate of drug-likeness (QED) is 0.500. The largest absolute Gasteiger partial charge is 0.354 e. The lowest BCUT2D eigenvalue weighted by molar-refractivity contribution is -0.117. The van der Waals surface area contributed by atoms with Crippen LogP contribution in [-0.4, -0.2) is 19.5 Å². The molecule has 0 bridgehead atoms. The Labute approximate surface area is 185 Å². The third-order valence-electron chi connectivity index (χ3n) is 4.99. The maximum Gasteiger partial charge on any atom is 0.271 e. The zero-order valence-corrected chi connectivity index (χ0v) is 18.8. The number of carbonyl (C=O) groups excluding carboxylic acids is 1. The van der Waals surface area contributed by atoms with Crippen molar-refractivity contribution in [3.8, 4) is 0 Å². The van der Waals surface area contributed by atoms with Gasteiger partial charge >= 0.3 is 0 Å². The molecule has 1 fully saturated rings. The Morgan fingerprint density at radius 2 is 2.00 bits per heavy atom. The number of anilines is 2. The van der Waals surface area contributed by atoms with E-state index in [-0.39, 0.29) is 16.0 Å². The molecule has 1 aliphatic rings. The molecule has 3 aromatic rings. The summed E-state index contributed by atoms with van der Waals surface area (Å²) in [5.74, 6) is 0.477. The number of thiophene rings is 1. The maximum atomic E-state index is 12.8. The van der Waals surface area contributed by atoms with Crippen LogP contribution in [-0.2, 0) is 21.2 Å². The molecule has 0 radical (unpaired) electrons. The summed E-state index contributed by atoms with van der Waals surface area (Å²) in [5, 5.41) is 6.80. The summed E-state index contributed by atoms with van der Waals surface area (Å²) in [4.78, 5) is 12.8. The van der Waals surface area contributed by atoms with Gasteiger partial charge in [0, 0.05) is 10.8 Å². The Morgan fingerprint density at radius 1 is 1.23 bits per heavy atom. The van der Waals surface area contributed by atoms with Crippen LogP contribution in [0.5, 0.6) is 0 Å². The van der Waals surface area contributed by atoms with Gasteiger partial charge in [-0.05, 0) is 62.1 Å². The van der Waals surface area contributed by atoms with Gasteiger partial charge in [0.05, 0.1) is 5.69 Å². The second kappa shape index (κ2) is 8.68. The van der Waals surface area contributed by atoms with Crippen molar-refractivity contribution < 1.29 is 17.7 Å². The molecule has 0 atom stereocenters. The SMILES string of the molecule is CCc1ccccc1NS(=O)(=O)c1ccc(/C=C/c2onc(C)c2NC(=O)C2CC2)s1. The van der Waals surface area contributed by atoms with Crippen molar-refractivity contribution in [1.82, 2.24) is 5.16 Å². The number of carbonyl (C=O) groups is 1. The van der Waals surface area contributed by atoms with E-state index in [1.54, 1.807) is 43.3 Å². The van der Waals surface area contributed by atoms with Gasteiger partial charge in [0.2, 0.25) is 5.91 Å². The van der Waals surface area contributed by atoms with E-state index in [1.165, 1.54) is 0 Å². The first-order valence-corrected chi connectivity index (χ1v) is 12.3. The smallest absolute Gasteiger partial charge is 0.271 e. The van der Waals surface area contributed by atoms with Gasteiger partial charge in [-0.2, -0.15) is 0 Å². The van der Waals surface area contributed by atoms with Gasteiger partial charge in [-0.3, -0.25) is 9.52 Å². The Hall–Kier alpha value is -2.91. The van der Waals surface area contributed by atoms with Gasteiger partial charge in [0.25, 0.3) is 10.0 Å². The molecule has 1 saturated carbocycles. The van der Waals surface area contributed by atoms with E-state index in [4.69, 9.17) is 4.52 Å². The first-order valence-electron chi connectivity index (χ1n) is 10.0. The third kappa shape index (κ3) is 4.88. The van der Waals surface area contributed by atoms with Crippen LogP contribution in [0.1, 0.15) is 41.7 Å². The molecule has 2 heterocycles. The van der Waals surface area contributed by atoms with Crippen molar-refractivity contribution in [2.45, 2.75) is 37.3 Å². The number of aryl methyl sites for hydroxylation is 2. The molecule has 0 saturated heterocycles. The molecule has 0 aliphatic heterocycles. The van der Waals surface area contributed by atoms with Gasteiger partial charge < -0.3 is 9.84 Å². The minimum absolute atomic E-state index is 0.0242. The predicted octanol–water partition coefficient (Wildman–Crippen LogP) is 4.93. The van der Waals surface area contributed by atoms with Crippen molar-refractivity contribution in [2.24, 2.45) is 5.92 Å². The first-order chi connectivity index (χ1) is 14.9. The van der Waals surface area contributed by atoms with Crippen LogP contribution in [0.3, 0.4) is 0 Å². The number of aromatic nitrogens is 1. The number of nitrogens with one attached hydrogen (secondary N) is 2. The van der Waals surface area contributed by atoms with E-state index < -0.39 is 10.0 Å². The van der Waals surface area contributed by atoms with Crippen LogP contribution >= 0.6 is 11.3 Å². The minimum Gasteiger partial charge on any atom is -0.354 e. The molecule has 0 spiro atoms. The van der Waals surface area contributed by atoms with Crippen molar-refractivity contribution in [1.29, 1.82) is 0 Å². The molecular formula is C22H23N3O4S2. The summed E-state index contributed by atoms with van der Waals surface area (Å²) >= 11 is 1.15. The number of nitrogens with zero attached hydrogens (tertiary/aromatic N) is 1. The maximum absolute atomic E-state index is 12.8. The number of benzene rings is 1. The van der Waals surface area contributed by atoms with E-state index in [1.807, 2.05) is 19.1 Å². The molecule has 0 unspecified atom stereocenters. The highest BCUT2D eigenvalue weighted by Gasteiger charge is 2.30. The lowest BCUT2D eigenvalue weighted by atomic mass is 10.1. The van der Waals surface area contributed by atoms with E-state index in [2.05, 4.69) is 15.2 Å². The van der Waals surface area contributed by atoms with Crippen molar-refractivity contribution >= 4 is 50.8 Å². The van der Waals surface area contributed by atoms with Gasteiger partial charge in [-0.15, -0.1) is 11.3 Å². The lowest BCUT2D eigenvalue weighted by Gasteiger charge is -2.10. The fraction of sp³-hybridized carbons (Fsp3) is 0.273. The molecule has 31 heavy (non-hydrogen) atoms. The summed E-state index contributed by atoms with van der Waals surface area (Å²) in [6, 6.07) is 10.7. The number of rotatable bonds is 8. The van der Waals surface area contributed by atoms with Crippen molar-refractivity contribution in [2.75, 3.05) is 10.0 Å². The van der Waals surface area contributed by atoms with Crippen LogP contribution in [0, 0.1) is 12.8 Å². The number of amides is 1. The van der Waals surface area contributed by atoms with Gasteiger partial charge in [0.1, 0.15) is 15.6 Å². The molecule has 7 nitrogen and oxygen atoms in total. The summed E-state index contributed by atoms with van der Waals surface area (Å²) in [6.07, 6.45) is 5.98. The first kappa shape index (κ1) is 21.3. The monoisotopic (exact) mass is 457 g/mol. The molecule has 1 amide bonds. The van der Waals surface area contributed by atoms with Crippen LogP contribution in [0.15, 0.2) is 45.1 Å². The number of hydrogen-bond donors (Lipinski definition) is 2. The van der Waals surface area contributed by atoms with Crippen LogP contribution in [0.4, 0.5) is 11.4 Å². The van der Waals surface area contributed by atoms with Crippen LogP contribution in [0.25, 0.3) is 12.2 Å². The average molecular weight is 458 g/mol. The van der Waals surface area contributed by atoms with E-state index in [9.17, 15) is 13.2 Å². The minimum atomic E-state index is -3.69. The van der Waals surface area contributed by atoms with Gasteiger partial charge in [-0.25, -0.2) is 8.42 Å². The Balaban J connectivity index is 1.50. The molecule has 2 N–H and O–H groups in total. The fourth-order valence-corrected chi connectivity index (χ4v) is 5.40. The summed E-state index contributed by atoms with van der Waals surface area (Å²) in [7, 11) is -3.69. The average Bonchev–Trinajstić information content (AvgIpc) is 3.40. The molecular weight excluding hydrogens is 434 g/mol. The molecule has 2 aromatic heterocycles. The van der Waals surface area contributed by atoms with Gasteiger partial charge in [-0.1, -0.05) is 30.3 Å². The van der Waals surface area contributed by atoms with Gasteiger partial charge in [0.15, 0.2) is 5.76 Å². The highest BCUT2D eigenvalue weighted by molar-refractivity contribution is 7.94. The second-order valence-electron chi connectivity index (χ2n) is 7.38. The summed E-state index contributed by atoms with van der Waals surface area (Å²) in [6.45, 7) is 3.74. The highest BCUT2D eigenvalue weighted by Crippen LogP contribution is 2.32. The third-order valence-corrected chi connectivity index (χ3v) is 7.90. The lowest BCUT2D eigenvalue weighted by Crippen LogP contribution is -2.14.